The highest BCUT2D eigenvalue weighted by molar-refractivity contribution is 5.88. The predicted molar refractivity (Wildman–Crippen MR) is 76.2 cm³/mol. The topological polar surface area (TPSA) is 77.8 Å². The molecule has 0 bridgehead atoms. The number of hydrogen-bond donors (Lipinski definition) is 3. The van der Waals surface area contributed by atoms with E-state index in [9.17, 15) is 20.1 Å². The van der Waals surface area contributed by atoms with E-state index in [2.05, 4.69) is 0 Å². The molecule has 0 aliphatic heterocycles. The zero-order valence-corrected chi connectivity index (χ0v) is 12.1. The number of rotatable bonds is 6. The van der Waals surface area contributed by atoms with Crippen LogP contribution in [0.4, 0.5) is 0 Å². The maximum atomic E-state index is 11.7. The lowest BCUT2D eigenvalue weighted by molar-refractivity contribution is -0.135. The first-order valence-corrected chi connectivity index (χ1v) is 7.81. The van der Waals surface area contributed by atoms with Crippen molar-refractivity contribution in [2.24, 2.45) is 17.3 Å². The van der Waals surface area contributed by atoms with Crippen molar-refractivity contribution >= 4 is 5.97 Å². The first-order valence-electron chi connectivity index (χ1n) is 7.81. The van der Waals surface area contributed by atoms with E-state index in [1.165, 1.54) is 0 Å². The second-order valence-corrected chi connectivity index (χ2v) is 6.38. The summed E-state index contributed by atoms with van der Waals surface area (Å²) in [5.74, 6) is -0.604. The summed E-state index contributed by atoms with van der Waals surface area (Å²) in [7, 11) is 0. The van der Waals surface area contributed by atoms with Crippen molar-refractivity contribution in [2.75, 3.05) is 13.2 Å². The largest absolute Gasteiger partial charge is 0.478 e. The van der Waals surface area contributed by atoms with E-state index in [0.717, 1.165) is 51.4 Å². The minimum Gasteiger partial charge on any atom is -0.478 e. The summed E-state index contributed by atoms with van der Waals surface area (Å²) in [4.78, 5) is 11.7. The summed E-state index contributed by atoms with van der Waals surface area (Å²) >= 11 is 0. The summed E-state index contributed by atoms with van der Waals surface area (Å²) in [6.45, 7) is -0.558. The van der Waals surface area contributed by atoms with Crippen molar-refractivity contribution in [2.45, 2.75) is 51.4 Å². The smallest absolute Gasteiger partial charge is 0.332 e. The van der Waals surface area contributed by atoms with Gasteiger partial charge in [-0.15, -0.1) is 0 Å². The van der Waals surface area contributed by atoms with E-state index in [1.807, 2.05) is 6.08 Å². The van der Waals surface area contributed by atoms with Gasteiger partial charge in [0.05, 0.1) is 18.6 Å². The van der Waals surface area contributed by atoms with Gasteiger partial charge in [0.15, 0.2) is 0 Å². The molecule has 0 aromatic rings. The molecule has 4 heteroatoms. The van der Waals surface area contributed by atoms with E-state index >= 15 is 0 Å². The van der Waals surface area contributed by atoms with Gasteiger partial charge in [0.25, 0.3) is 0 Å². The molecular weight excluding hydrogens is 256 g/mol. The Hall–Kier alpha value is -0.870. The van der Waals surface area contributed by atoms with Crippen molar-refractivity contribution in [3.63, 3.8) is 0 Å². The van der Waals surface area contributed by atoms with E-state index in [0.29, 0.717) is 5.92 Å². The van der Waals surface area contributed by atoms with Gasteiger partial charge in [0.2, 0.25) is 0 Å². The molecule has 0 aromatic carbocycles. The highest BCUT2D eigenvalue weighted by Gasteiger charge is 2.45. The fourth-order valence-corrected chi connectivity index (χ4v) is 3.99. The Kier molecular flexibility index (Phi) is 5.22. The van der Waals surface area contributed by atoms with Crippen LogP contribution >= 0.6 is 0 Å². The highest BCUT2D eigenvalue weighted by Crippen LogP contribution is 2.45. The fourth-order valence-electron chi connectivity index (χ4n) is 3.99. The van der Waals surface area contributed by atoms with Gasteiger partial charge >= 0.3 is 5.97 Å². The van der Waals surface area contributed by atoms with Gasteiger partial charge in [-0.2, -0.15) is 0 Å². The van der Waals surface area contributed by atoms with Gasteiger partial charge in [-0.3, -0.25) is 0 Å². The molecule has 2 fully saturated rings. The minimum atomic E-state index is -0.980. The molecule has 0 aromatic heterocycles. The van der Waals surface area contributed by atoms with Crippen LogP contribution in [0, 0.1) is 17.3 Å². The Balaban J connectivity index is 2.33. The number of aliphatic hydroxyl groups excluding tert-OH is 2. The van der Waals surface area contributed by atoms with Crippen LogP contribution in [-0.4, -0.2) is 34.5 Å². The van der Waals surface area contributed by atoms with Crippen LogP contribution < -0.4 is 0 Å². The Labute approximate surface area is 120 Å². The van der Waals surface area contributed by atoms with Crippen LogP contribution in [0.3, 0.4) is 0 Å². The number of carbonyl (C=O) groups is 1. The van der Waals surface area contributed by atoms with E-state index in [1.54, 1.807) is 0 Å². The molecule has 0 spiro atoms. The van der Waals surface area contributed by atoms with Gasteiger partial charge in [-0.05, 0) is 37.5 Å². The van der Waals surface area contributed by atoms with Gasteiger partial charge in [-0.1, -0.05) is 31.8 Å². The molecule has 2 aliphatic rings. The lowest BCUT2D eigenvalue weighted by Gasteiger charge is -2.37. The van der Waals surface area contributed by atoms with Crippen molar-refractivity contribution in [1.29, 1.82) is 0 Å². The molecule has 0 radical (unpaired) electrons. The van der Waals surface area contributed by atoms with E-state index < -0.39 is 11.4 Å². The van der Waals surface area contributed by atoms with Crippen molar-refractivity contribution in [3.05, 3.63) is 11.6 Å². The van der Waals surface area contributed by atoms with Crippen molar-refractivity contribution < 1.29 is 20.1 Å². The van der Waals surface area contributed by atoms with E-state index in [4.69, 9.17) is 0 Å². The number of hydrogen-bond acceptors (Lipinski definition) is 3. The van der Waals surface area contributed by atoms with Crippen LogP contribution in [-0.2, 0) is 4.79 Å². The molecule has 2 rings (SSSR count). The second kappa shape index (κ2) is 6.72. The quantitative estimate of drug-likeness (QED) is 0.653. The predicted octanol–water partition coefficient (Wildman–Crippen LogP) is 2.35. The summed E-state index contributed by atoms with van der Waals surface area (Å²) < 4.78 is 0. The third kappa shape index (κ3) is 2.91. The number of allylic oxidation sites excluding steroid dienone is 1. The molecule has 0 heterocycles. The van der Waals surface area contributed by atoms with Gasteiger partial charge < -0.3 is 15.3 Å². The lowest BCUT2D eigenvalue weighted by atomic mass is 9.69. The molecule has 4 nitrogen and oxygen atoms in total. The Morgan fingerprint density at radius 1 is 1.00 bits per heavy atom. The third-order valence-electron chi connectivity index (χ3n) is 5.27. The lowest BCUT2D eigenvalue weighted by Crippen LogP contribution is -2.41. The molecule has 20 heavy (non-hydrogen) atoms. The number of aliphatic carboxylic acids is 1. The zero-order valence-electron chi connectivity index (χ0n) is 12.1. The molecule has 0 amide bonds. The summed E-state index contributed by atoms with van der Waals surface area (Å²) in [5.41, 5.74) is -0.716. The molecule has 114 valence electrons. The molecule has 3 N–H and O–H groups in total. The molecule has 2 saturated carbocycles. The zero-order chi connectivity index (χ0) is 14.6. The third-order valence-corrected chi connectivity index (χ3v) is 5.27. The maximum absolute atomic E-state index is 11.7. The molecular formula is C16H26O4. The number of aliphatic hydroxyl groups is 2. The van der Waals surface area contributed by atoms with Crippen LogP contribution in [0.1, 0.15) is 51.4 Å². The molecule has 0 atom stereocenters. The van der Waals surface area contributed by atoms with E-state index in [-0.39, 0.29) is 24.7 Å². The van der Waals surface area contributed by atoms with Crippen LogP contribution in [0.2, 0.25) is 0 Å². The van der Waals surface area contributed by atoms with Crippen molar-refractivity contribution in [3.8, 4) is 0 Å². The van der Waals surface area contributed by atoms with Crippen LogP contribution in [0.5, 0.6) is 0 Å². The van der Waals surface area contributed by atoms with Gasteiger partial charge in [0.1, 0.15) is 0 Å². The first-order chi connectivity index (χ1) is 9.64. The maximum Gasteiger partial charge on any atom is 0.332 e. The van der Waals surface area contributed by atoms with Crippen LogP contribution in [0.25, 0.3) is 0 Å². The second-order valence-electron chi connectivity index (χ2n) is 6.38. The Morgan fingerprint density at radius 3 is 1.95 bits per heavy atom. The SMILES string of the molecule is O=C(O)C(=CC1CCCC1)C(CO)(CO)C1CCCC1. The van der Waals surface area contributed by atoms with Gasteiger partial charge in [-0.25, -0.2) is 4.79 Å². The molecule has 0 saturated heterocycles. The summed E-state index contributed by atoms with van der Waals surface area (Å²) in [6, 6.07) is 0. The van der Waals surface area contributed by atoms with Crippen molar-refractivity contribution in [1.82, 2.24) is 0 Å². The minimum absolute atomic E-state index is 0.0845. The number of carboxylic acid groups (broad SMARTS) is 1. The first kappa shape index (κ1) is 15.5. The average Bonchev–Trinajstić information content (AvgIpc) is 3.12. The fraction of sp³-hybridized carbons (Fsp3) is 0.812. The van der Waals surface area contributed by atoms with Crippen LogP contribution in [0.15, 0.2) is 11.6 Å². The monoisotopic (exact) mass is 282 g/mol. The molecule has 2 aliphatic carbocycles. The average molecular weight is 282 g/mol. The summed E-state index contributed by atoms with van der Waals surface area (Å²) in [6.07, 6.45) is 10.1. The summed E-state index contributed by atoms with van der Waals surface area (Å²) in [5, 5.41) is 29.3. The van der Waals surface area contributed by atoms with Gasteiger partial charge in [0, 0.05) is 5.57 Å². The highest BCUT2D eigenvalue weighted by atomic mass is 16.4. The standard InChI is InChI=1S/C16H26O4/c17-10-16(11-18,13-7-3-4-8-13)14(15(19)20)9-12-5-1-2-6-12/h9,12-13,17-18H,1-8,10-11H2,(H,19,20). The molecule has 0 unspecified atom stereocenters. The Bertz CT molecular complexity index is 359. The Morgan fingerprint density at radius 2 is 1.50 bits per heavy atom. The normalized spacial score (nSPS) is 22.6. The number of carboxylic acids is 1.